The molecule has 0 spiro atoms. The summed E-state index contributed by atoms with van der Waals surface area (Å²) < 4.78 is 5.01. The third-order valence-corrected chi connectivity index (χ3v) is 3.51. The Hall–Kier alpha value is -1.43. The minimum atomic E-state index is 0.0381. The van der Waals surface area contributed by atoms with Gasteiger partial charge in [-0.25, -0.2) is 0 Å². The monoisotopic (exact) mass is 266 g/mol. The van der Waals surface area contributed by atoms with E-state index in [-0.39, 0.29) is 5.91 Å². The van der Waals surface area contributed by atoms with Crippen molar-refractivity contribution < 1.29 is 9.32 Å². The average Bonchev–Trinajstić information content (AvgIpc) is 2.77. The molecule has 1 aromatic heterocycles. The number of hydrogen-bond acceptors (Lipinski definition) is 5. The quantitative estimate of drug-likeness (QED) is 0.868. The van der Waals surface area contributed by atoms with Gasteiger partial charge in [-0.05, 0) is 25.8 Å². The number of rotatable bonds is 5. The fourth-order valence-electron chi connectivity index (χ4n) is 2.60. The van der Waals surface area contributed by atoms with Gasteiger partial charge in [0.05, 0.1) is 6.54 Å². The summed E-state index contributed by atoms with van der Waals surface area (Å²) >= 11 is 0. The number of amides is 1. The molecule has 2 heterocycles. The second-order valence-corrected chi connectivity index (χ2v) is 5.12. The molecule has 19 heavy (non-hydrogen) atoms. The van der Waals surface area contributed by atoms with Crippen LogP contribution >= 0.6 is 0 Å². The molecule has 1 atom stereocenters. The number of carbonyl (C=O) groups excluding carboxylic acids is 1. The van der Waals surface area contributed by atoms with E-state index in [0.717, 1.165) is 31.9 Å². The Morgan fingerprint density at radius 2 is 2.37 bits per heavy atom. The summed E-state index contributed by atoms with van der Waals surface area (Å²) in [6.07, 6.45) is 4.63. The highest BCUT2D eigenvalue weighted by Gasteiger charge is 2.23. The number of nitrogens with one attached hydrogen (secondary N) is 1. The van der Waals surface area contributed by atoms with Crippen LogP contribution in [0, 0.1) is 6.92 Å². The molecular weight excluding hydrogens is 244 g/mol. The summed E-state index contributed by atoms with van der Waals surface area (Å²) in [6, 6.07) is 0.499. The molecular formula is C13H22N4O2. The molecule has 1 amide bonds. The standard InChI is InChI=1S/C13H22N4O2/c1-10(18)14-7-6-12-5-3-4-8-17(12)9-13-15-11(2)19-16-13/h12H,3-9H2,1-2H3,(H,14,18). The van der Waals surface area contributed by atoms with Crippen LogP contribution in [0.15, 0.2) is 4.52 Å². The smallest absolute Gasteiger partial charge is 0.223 e. The Morgan fingerprint density at radius 3 is 3.05 bits per heavy atom. The number of aryl methyl sites for hydroxylation is 1. The van der Waals surface area contributed by atoms with Gasteiger partial charge in [-0.1, -0.05) is 11.6 Å². The predicted octanol–water partition coefficient (Wildman–Crippen LogP) is 1.26. The van der Waals surface area contributed by atoms with Crippen LogP contribution in [0.1, 0.15) is 44.3 Å². The number of piperidine rings is 1. The van der Waals surface area contributed by atoms with E-state index in [0.29, 0.717) is 11.9 Å². The third-order valence-electron chi connectivity index (χ3n) is 3.51. The normalized spacial score (nSPS) is 20.4. The molecule has 1 unspecified atom stereocenters. The Bertz CT molecular complexity index is 419. The summed E-state index contributed by atoms with van der Waals surface area (Å²) in [5, 5.41) is 6.82. The zero-order valence-electron chi connectivity index (χ0n) is 11.7. The highest BCUT2D eigenvalue weighted by molar-refractivity contribution is 5.72. The van der Waals surface area contributed by atoms with E-state index in [1.54, 1.807) is 13.8 Å². The second kappa shape index (κ2) is 6.65. The maximum absolute atomic E-state index is 10.9. The van der Waals surface area contributed by atoms with Crippen LogP contribution in [0.3, 0.4) is 0 Å². The number of nitrogens with zero attached hydrogens (tertiary/aromatic N) is 3. The van der Waals surface area contributed by atoms with Gasteiger partial charge in [-0.2, -0.15) is 4.98 Å². The Labute approximate surface area is 113 Å². The van der Waals surface area contributed by atoms with Gasteiger partial charge in [0.25, 0.3) is 0 Å². The van der Waals surface area contributed by atoms with Gasteiger partial charge in [-0.3, -0.25) is 9.69 Å². The van der Waals surface area contributed by atoms with Crippen molar-refractivity contribution in [3.8, 4) is 0 Å². The molecule has 2 rings (SSSR count). The molecule has 6 heteroatoms. The first-order chi connectivity index (χ1) is 9.15. The summed E-state index contributed by atoms with van der Waals surface area (Å²) in [6.45, 7) is 5.91. The summed E-state index contributed by atoms with van der Waals surface area (Å²) in [5.74, 6) is 1.40. The lowest BCUT2D eigenvalue weighted by Gasteiger charge is -2.34. The van der Waals surface area contributed by atoms with Gasteiger partial charge in [0.15, 0.2) is 5.82 Å². The van der Waals surface area contributed by atoms with Crippen molar-refractivity contribution in [2.24, 2.45) is 0 Å². The van der Waals surface area contributed by atoms with Gasteiger partial charge in [0.1, 0.15) is 0 Å². The third kappa shape index (κ3) is 4.31. The fraction of sp³-hybridized carbons (Fsp3) is 0.769. The van der Waals surface area contributed by atoms with Crippen molar-refractivity contribution in [3.05, 3.63) is 11.7 Å². The minimum Gasteiger partial charge on any atom is -0.356 e. The number of hydrogen-bond donors (Lipinski definition) is 1. The van der Waals surface area contributed by atoms with Crippen molar-refractivity contribution in [2.45, 2.75) is 52.1 Å². The summed E-state index contributed by atoms with van der Waals surface area (Å²) in [4.78, 5) is 17.6. The van der Waals surface area contributed by atoms with Crippen molar-refractivity contribution in [1.29, 1.82) is 0 Å². The minimum absolute atomic E-state index is 0.0381. The molecule has 1 N–H and O–H groups in total. The van der Waals surface area contributed by atoms with E-state index in [1.165, 1.54) is 19.3 Å². The lowest BCUT2D eigenvalue weighted by Crippen LogP contribution is -2.41. The van der Waals surface area contributed by atoms with Crippen LogP contribution < -0.4 is 5.32 Å². The van der Waals surface area contributed by atoms with E-state index in [1.807, 2.05) is 0 Å². The zero-order chi connectivity index (χ0) is 13.7. The molecule has 1 aliphatic rings. The molecule has 1 saturated heterocycles. The van der Waals surface area contributed by atoms with Crippen molar-refractivity contribution in [3.63, 3.8) is 0 Å². The molecule has 0 aromatic carbocycles. The van der Waals surface area contributed by atoms with Gasteiger partial charge >= 0.3 is 0 Å². The number of aromatic nitrogens is 2. The first-order valence-corrected chi connectivity index (χ1v) is 6.93. The van der Waals surface area contributed by atoms with Crippen LogP contribution in [0.25, 0.3) is 0 Å². The molecule has 0 radical (unpaired) electrons. The molecule has 1 aliphatic heterocycles. The SMILES string of the molecule is CC(=O)NCCC1CCCCN1Cc1noc(C)n1. The maximum atomic E-state index is 10.9. The summed E-state index contributed by atoms with van der Waals surface area (Å²) in [5.41, 5.74) is 0. The van der Waals surface area contributed by atoms with E-state index in [2.05, 4.69) is 20.4 Å². The molecule has 6 nitrogen and oxygen atoms in total. The Morgan fingerprint density at radius 1 is 1.53 bits per heavy atom. The van der Waals surface area contributed by atoms with Crippen LogP contribution in [0.2, 0.25) is 0 Å². The van der Waals surface area contributed by atoms with Crippen molar-refractivity contribution in [2.75, 3.05) is 13.1 Å². The van der Waals surface area contributed by atoms with Crippen LogP contribution in [0.5, 0.6) is 0 Å². The van der Waals surface area contributed by atoms with Crippen LogP contribution in [0.4, 0.5) is 0 Å². The zero-order valence-corrected chi connectivity index (χ0v) is 11.7. The molecule has 1 fully saturated rings. The Balaban J connectivity index is 1.86. The van der Waals surface area contributed by atoms with Crippen molar-refractivity contribution in [1.82, 2.24) is 20.4 Å². The van der Waals surface area contributed by atoms with Crippen molar-refractivity contribution >= 4 is 5.91 Å². The first kappa shape index (κ1) is 14.0. The van der Waals surface area contributed by atoms with E-state index >= 15 is 0 Å². The number of likely N-dealkylation sites (tertiary alicyclic amines) is 1. The largest absolute Gasteiger partial charge is 0.356 e. The highest BCUT2D eigenvalue weighted by atomic mass is 16.5. The van der Waals surface area contributed by atoms with Gasteiger partial charge in [0, 0.05) is 26.4 Å². The van der Waals surface area contributed by atoms with Gasteiger partial charge < -0.3 is 9.84 Å². The van der Waals surface area contributed by atoms with Crippen LogP contribution in [-0.2, 0) is 11.3 Å². The highest BCUT2D eigenvalue weighted by Crippen LogP contribution is 2.20. The van der Waals surface area contributed by atoms with Gasteiger partial charge in [0.2, 0.25) is 11.8 Å². The maximum Gasteiger partial charge on any atom is 0.223 e. The molecule has 0 bridgehead atoms. The molecule has 106 valence electrons. The predicted molar refractivity (Wildman–Crippen MR) is 70.4 cm³/mol. The van der Waals surface area contributed by atoms with E-state index in [9.17, 15) is 4.79 Å². The average molecular weight is 266 g/mol. The molecule has 0 saturated carbocycles. The Kier molecular flexibility index (Phi) is 4.90. The van der Waals surface area contributed by atoms with E-state index < -0.39 is 0 Å². The number of carbonyl (C=O) groups is 1. The van der Waals surface area contributed by atoms with Crippen LogP contribution in [-0.4, -0.2) is 40.1 Å². The fourth-order valence-corrected chi connectivity index (χ4v) is 2.60. The lowest BCUT2D eigenvalue weighted by molar-refractivity contribution is -0.119. The molecule has 1 aromatic rings. The van der Waals surface area contributed by atoms with Gasteiger partial charge in [-0.15, -0.1) is 0 Å². The summed E-state index contributed by atoms with van der Waals surface area (Å²) in [7, 11) is 0. The second-order valence-electron chi connectivity index (χ2n) is 5.12. The first-order valence-electron chi connectivity index (χ1n) is 6.93. The lowest BCUT2D eigenvalue weighted by atomic mass is 9.99. The van der Waals surface area contributed by atoms with E-state index in [4.69, 9.17) is 4.52 Å². The molecule has 0 aliphatic carbocycles. The topological polar surface area (TPSA) is 71.3 Å².